The fraction of sp³-hybridized carbons (Fsp3) is 0.179. The van der Waals surface area contributed by atoms with Crippen molar-refractivity contribution in [2.24, 2.45) is 0 Å². The molecule has 3 aromatic carbocycles. The molecule has 188 valence electrons. The third-order valence-corrected chi connectivity index (χ3v) is 7.00. The molecule has 37 heavy (non-hydrogen) atoms. The van der Waals surface area contributed by atoms with Crippen LogP contribution in [0.4, 0.5) is 5.69 Å². The number of hydrogen-bond acceptors (Lipinski definition) is 6. The summed E-state index contributed by atoms with van der Waals surface area (Å²) in [6.07, 6.45) is 2.87. The molecule has 0 saturated carbocycles. The molecule has 0 fully saturated rings. The SMILES string of the molecule is CCc1ccc(NC(=O)CSc2nnc(-c3c[nH]c4ccccc34)n2-c2cc(OC)ccc2OC)cc1. The highest BCUT2D eigenvalue weighted by atomic mass is 32.2. The molecule has 2 aromatic heterocycles. The average Bonchev–Trinajstić information content (AvgIpc) is 3.56. The topological polar surface area (TPSA) is 94.1 Å². The molecule has 0 aliphatic rings. The standard InChI is InChI=1S/C28H27N5O3S/c1-4-18-9-11-19(12-10-18)30-26(34)17-37-28-32-31-27(22-16-29-23-8-6-5-7-21(22)23)33(28)24-15-20(35-2)13-14-25(24)36-3/h5-16,29H,4,17H2,1-3H3,(H,30,34). The first kappa shape index (κ1) is 24.5. The van der Waals surface area contributed by atoms with E-state index in [1.807, 2.05) is 77.5 Å². The molecular weight excluding hydrogens is 486 g/mol. The van der Waals surface area contributed by atoms with Gasteiger partial charge in [0.05, 0.1) is 25.7 Å². The van der Waals surface area contributed by atoms with Gasteiger partial charge in [-0.2, -0.15) is 0 Å². The number of thioether (sulfide) groups is 1. The molecule has 1 amide bonds. The molecule has 5 aromatic rings. The van der Waals surface area contributed by atoms with Crippen LogP contribution in [0.3, 0.4) is 0 Å². The summed E-state index contributed by atoms with van der Waals surface area (Å²) in [5.74, 6) is 1.95. The minimum absolute atomic E-state index is 0.130. The summed E-state index contributed by atoms with van der Waals surface area (Å²) in [6, 6.07) is 21.4. The Morgan fingerprint density at radius 3 is 2.59 bits per heavy atom. The minimum Gasteiger partial charge on any atom is -0.497 e. The second-order valence-corrected chi connectivity index (χ2v) is 9.26. The Morgan fingerprint density at radius 2 is 1.84 bits per heavy atom. The summed E-state index contributed by atoms with van der Waals surface area (Å²) < 4.78 is 13.1. The van der Waals surface area contributed by atoms with Crippen molar-refractivity contribution in [1.29, 1.82) is 0 Å². The Labute approximate surface area is 219 Å². The van der Waals surface area contributed by atoms with Crippen molar-refractivity contribution >= 4 is 34.3 Å². The van der Waals surface area contributed by atoms with Crippen LogP contribution in [-0.2, 0) is 11.2 Å². The highest BCUT2D eigenvalue weighted by molar-refractivity contribution is 7.99. The van der Waals surface area contributed by atoms with E-state index in [9.17, 15) is 4.79 Å². The van der Waals surface area contributed by atoms with Crippen LogP contribution in [0.1, 0.15) is 12.5 Å². The lowest BCUT2D eigenvalue weighted by Crippen LogP contribution is -2.14. The van der Waals surface area contributed by atoms with E-state index >= 15 is 0 Å². The zero-order valence-corrected chi connectivity index (χ0v) is 21.6. The number of carbonyl (C=O) groups excluding carboxylic acids is 1. The van der Waals surface area contributed by atoms with E-state index in [-0.39, 0.29) is 11.7 Å². The van der Waals surface area contributed by atoms with E-state index < -0.39 is 0 Å². The van der Waals surface area contributed by atoms with Crippen molar-refractivity contribution in [3.05, 3.63) is 78.5 Å². The van der Waals surface area contributed by atoms with Gasteiger partial charge in [0.2, 0.25) is 5.91 Å². The van der Waals surface area contributed by atoms with E-state index in [2.05, 4.69) is 27.4 Å². The number of methoxy groups -OCH3 is 2. The fourth-order valence-electron chi connectivity index (χ4n) is 4.13. The zero-order valence-electron chi connectivity index (χ0n) is 20.8. The van der Waals surface area contributed by atoms with Gasteiger partial charge in [0, 0.05) is 34.4 Å². The first-order valence-corrected chi connectivity index (χ1v) is 12.9. The number of hydrogen-bond donors (Lipinski definition) is 2. The maximum Gasteiger partial charge on any atom is 0.234 e. The maximum absolute atomic E-state index is 12.8. The summed E-state index contributed by atoms with van der Waals surface area (Å²) in [7, 11) is 3.23. The van der Waals surface area contributed by atoms with Gasteiger partial charge in [0.1, 0.15) is 11.5 Å². The predicted octanol–water partition coefficient (Wildman–Crippen LogP) is 5.73. The van der Waals surface area contributed by atoms with Crippen LogP contribution in [0.5, 0.6) is 11.5 Å². The van der Waals surface area contributed by atoms with Crippen molar-refractivity contribution in [3.63, 3.8) is 0 Å². The molecule has 5 rings (SSSR count). The molecule has 9 heteroatoms. The van der Waals surface area contributed by atoms with Gasteiger partial charge in [-0.05, 0) is 42.3 Å². The number of nitrogens with zero attached hydrogens (tertiary/aromatic N) is 3. The van der Waals surface area contributed by atoms with Gasteiger partial charge in [-0.15, -0.1) is 10.2 Å². The smallest absolute Gasteiger partial charge is 0.234 e. The normalized spacial score (nSPS) is 11.0. The van der Waals surface area contributed by atoms with Gasteiger partial charge >= 0.3 is 0 Å². The minimum atomic E-state index is -0.130. The van der Waals surface area contributed by atoms with Gasteiger partial charge in [-0.3, -0.25) is 9.36 Å². The number of para-hydroxylation sites is 1. The summed E-state index contributed by atoms with van der Waals surface area (Å²) >= 11 is 1.30. The van der Waals surface area contributed by atoms with Crippen molar-refractivity contribution in [2.45, 2.75) is 18.5 Å². The second-order valence-electron chi connectivity index (χ2n) is 8.31. The van der Waals surface area contributed by atoms with Crippen LogP contribution in [0.25, 0.3) is 28.0 Å². The van der Waals surface area contributed by atoms with Crippen LogP contribution < -0.4 is 14.8 Å². The van der Waals surface area contributed by atoms with E-state index in [1.54, 1.807) is 14.2 Å². The number of carbonyl (C=O) groups is 1. The van der Waals surface area contributed by atoms with Crippen molar-refractivity contribution in [1.82, 2.24) is 19.7 Å². The number of amides is 1. The number of benzene rings is 3. The average molecular weight is 514 g/mol. The van der Waals surface area contributed by atoms with Crippen molar-refractivity contribution < 1.29 is 14.3 Å². The Balaban J connectivity index is 1.51. The van der Waals surface area contributed by atoms with E-state index in [1.165, 1.54) is 17.3 Å². The number of aryl methyl sites for hydroxylation is 1. The number of aromatic nitrogens is 4. The molecule has 2 heterocycles. The number of ether oxygens (including phenoxy) is 2. The highest BCUT2D eigenvalue weighted by Crippen LogP contribution is 2.37. The Bertz CT molecular complexity index is 1540. The number of fused-ring (bicyclic) bond motifs is 1. The third-order valence-electron chi connectivity index (χ3n) is 6.07. The molecule has 8 nitrogen and oxygen atoms in total. The number of rotatable bonds is 9. The van der Waals surface area contributed by atoms with Gasteiger partial charge in [0.15, 0.2) is 11.0 Å². The molecule has 0 aliphatic heterocycles. The second kappa shape index (κ2) is 10.8. The van der Waals surface area contributed by atoms with Crippen molar-refractivity contribution in [2.75, 3.05) is 25.3 Å². The van der Waals surface area contributed by atoms with Gasteiger partial charge in [-0.25, -0.2) is 0 Å². The van der Waals surface area contributed by atoms with Gasteiger partial charge in [0.25, 0.3) is 0 Å². The Kier molecular flexibility index (Phi) is 7.14. The van der Waals surface area contributed by atoms with Crippen LogP contribution in [-0.4, -0.2) is 45.6 Å². The first-order valence-electron chi connectivity index (χ1n) is 11.9. The summed E-state index contributed by atoms with van der Waals surface area (Å²) in [4.78, 5) is 16.1. The Morgan fingerprint density at radius 1 is 1.03 bits per heavy atom. The zero-order chi connectivity index (χ0) is 25.8. The summed E-state index contributed by atoms with van der Waals surface area (Å²) in [6.45, 7) is 2.10. The predicted molar refractivity (Wildman–Crippen MR) is 147 cm³/mol. The number of H-pyrrole nitrogens is 1. The molecule has 0 spiro atoms. The Hall–Kier alpha value is -4.24. The summed E-state index contributed by atoms with van der Waals surface area (Å²) in [5.41, 5.74) is 4.58. The van der Waals surface area contributed by atoms with E-state index in [4.69, 9.17) is 9.47 Å². The molecule has 2 N–H and O–H groups in total. The molecule has 0 unspecified atom stereocenters. The molecule has 0 atom stereocenters. The lowest BCUT2D eigenvalue weighted by Gasteiger charge is -2.15. The number of anilines is 1. The maximum atomic E-state index is 12.8. The van der Waals surface area contributed by atoms with E-state index in [0.29, 0.717) is 28.2 Å². The van der Waals surface area contributed by atoms with Crippen LogP contribution in [0, 0.1) is 0 Å². The van der Waals surface area contributed by atoms with E-state index in [0.717, 1.165) is 28.6 Å². The lowest BCUT2D eigenvalue weighted by molar-refractivity contribution is -0.113. The van der Waals surface area contributed by atoms with Gasteiger partial charge in [-0.1, -0.05) is 49.0 Å². The monoisotopic (exact) mass is 513 g/mol. The number of aromatic amines is 1. The fourth-order valence-corrected chi connectivity index (χ4v) is 4.88. The molecule has 0 aliphatic carbocycles. The summed E-state index contributed by atoms with van der Waals surface area (Å²) in [5, 5.41) is 13.5. The van der Waals surface area contributed by atoms with Gasteiger partial charge < -0.3 is 19.8 Å². The highest BCUT2D eigenvalue weighted by Gasteiger charge is 2.22. The largest absolute Gasteiger partial charge is 0.497 e. The van der Waals surface area contributed by atoms with Crippen LogP contribution in [0.2, 0.25) is 0 Å². The molecule has 0 radical (unpaired) electrons. The molecule has 0 bridgehead atoms. The van der Waals surface area contributed by atoms with Crippen LogP contribution >= 0.6 is 11.8 Å². The third kappa shape index (κ3) is 5.03. The van der Waals surface area contributed by atoms with Crippen molar-refractivity contribution in [3.8, 4) is 28.6 Å². The molecule has 0 saturated heterocycles. The van der Waals surface area contributed by atoms with Crippen LogP contribution in [0.15, 0.2) is 78.1 Å². The lowest BCUT2D eigenvalue weighted by atomic mass is 10.1. The first-order chi connectivity index (χ1) is 18.1. The number of nitrogens with one attached hydrogen (secondary N) is 2. The quantitative estimate of drug-likeness (QED) is 0.245. The molecular formula is C28H27N5O3S.